The van der Waals surface area contributed by atoms with Gasteiger partial charge in [0.15, 0.2) is 0 Å². The first kappa shape index (κ1) is 23.5. The van der Waals surface area contributed by atoms with Gasteiger partial charge in [0.1, 0.15) is 17.5 Å². The van der Waals surface area contributed by atoms with Crippen LogP contribution >= 0.6 is 0 Å². The molecule has 7 nitrogen and oxygen atoms in total. The zero-order chi connectivity index (χ0) is 22.3. The number of hydrogen-bond acceptors (Lipinski definition) is 5. The third-order valence-electron chi connectivity index (χ3n) is 4.73. The van der Waals surface area contributed by atoms with Crippen LogP contribution in [-0.2, 0) is 14.8 Å². The van der Waals surface area contributed by atoms with Crippen LogP contribution in [0.5, 0.6) is 11.5 Å². The van der Waals surface area contributed by atoms with Gasteiger partial charge < -0.3 is 14.8 Å². The van der Waals surface area contributed by atoms with Gasteiger partial charge in [-0.15, -0.1) is 0 Å². The second-order valence-electron chi connectivity index (χ2n) is 6.90. The smallest absolute Gasteiger partial charge is 0.244 e. The fourth-order valence-electron chi connectivity index (χ4n) is 3.21. The second kappa shape index (κ2) is 10.3. The first-order valence-corrected chi connectivity index (χ1v) is 11.7. The van der Waals surface area contributed by atoms with Crippen molar-refractivity contribution in [3.63, 3.8) is 0 Å². The number of ether oxygens (including phenoxy) is 2. The third kappa shape index (κ3) is 5.89. The van der Waals surface area contributed by atoms with Crippen LogP contribution < -0.4 is 19.1 Å². The van der Waals surface area contributed by atoms with Gasteiger partial charge in [-0.3, -0.25) is 9.10 Å². The summed E-state index contributed by atoms with van der Waals surface area (Å²) in [5, 5.41) is 2.96. The Morgan fingerprint density at radius 1 is 1.03 bits per heavy atom. The molecule has 8 heteroatoms. The average Bonchev–Trinajstić information content (AvgIpc) is 2.72. The number of sulfonamides is 1. The lowest BCUT2D eigenvalue weighted by molar-refractivity contribution is -0.122. The highest BCUT2D eigenvalue weighted by molar-refractivity contribution is 7.92. The number of anilines is 1. The van der Waals surface area contributed by atoms with Crippen LogP contribution in [0.4, 0.5) is 5.69 Å². The van der Waals surface area contributed by atoms with E-state index in [1.54, 1.807) is 38.3 Å². The second-order valence-corrected chi connectivity index (χ2v) is 8.76. The highest BCUT2D eigenvalue weighted by Crippen LogP contribution is 2.25. The van der Waals surface area contributed by atoms with E-state index in [1.807, 2.05) is 38.1 Å². The summed E-state index contributed by atoms with van der Waals surface area (Å²) in [5.74, 6) is 0.987. The Morgan fingerprint density at radius 3 is 2.07 bits per heavy atom. The summed E-state index contributed by atoms with van der Waals surface area (Å²) in [6, 6.07) is 12.9. The van der Waals surface area contributed by atoms with E-state index in [-0.39, 0.29) is 11.9 Å². The van der Waals surface area contributed by atoms with Crippen molar-refractivity contribution in [2.75, 3.05) is 24.3 Å². The fraction of sp³-hybridized carbons (Fsp3) is 0.409. The summed E-state index contributed by atoms with van der Waals surface area (Å²) in [6.07, 6.45) is 1.75. The highest BCUT2D eigenvalue weighted by Gasteiger charge is 2.30. The molecule has 0 saturated carbocycles. The Balaban J connectivity index is 2.23. The lowest BCUT2D eigenvalue weighted by Crippen LogP contribution is -2.48. The predicted octanol–water partition coefficient (Wildman–Crippen LogP) is 3.52. The lowest BCUT2D eigenvalue weighted by atomic mass is 10.0. The summed E-state index contributed by atoms with van der Waals surface area (Å²) in [6.45, 7) is 5.92. The number of nitrogens with one attached hydrogen (secondary N) is 1. The number of carbonyl (C=O) groups excluding carboxylic acids is 1. The molecule has 2 aromatic rings. The molecule has 0 unspecified atom stereocenters. The monoisotopic (exact) mass is 434 g/mol. The largest absolute Gasteiger partial charge is 0.497 e. The van der Waals surface area contributed by atoms with Crippen LogP contribution in [0.1, 0.15) is 38.8 Å². The van der Waals surface area contributed by atoms with Gasteiger partial charge in [0.05, 0.1) is 31.7 Å². The molecule has 2 rings (SSSR count). The van der Waals surface area contributed by atoms with Crippen LogP contribution in [0.3, 0.4) is 0 Å². The Kier molecular flexibility index (Phi) is 8.11. The van der Waals surface area contributed by atoms with E-state index in [0.717, 1.165) is 21.9 Å². The molecule has 0 saturated heterocycles. The number of amides is 1. The molecule has 0 bridgehead atoms. The van der Waals surface area contributed by atoms with E-state index in [9.17, 15) is 13.2 Å². The third-order valence-corrected chi connectivity index (χ3v) is 5.98. The quantitative estimate of drug-likeness (QED) is 0.618. The maximum atomic E-state index is 13.0. The van der Waals surface area contributed by atoms with Gasteiger partial charge in [0.25, 0.3) is 0 Å². The fourth-order valence-corrected chi connectivity index (χ4v) is 4.39. The van der Waals surface area contributed by atoms with Gasteiger partial charge >= 0.3 is 0 Å². The molecule has 164 valence electrons. The van der Waals surface area contributed by atoms with Crippen molar-refractivity contribution >= 4 is 21.6 Å². The maximum Gasteiger partial charge on any atom is 0.244 e. The van der Waals surface area contributed by atoms with Crippen LogP contribution in [0.25, 0.3) is 0 Å². The average molecular weight is 435 g/mol. The highest BCUT2D eigenvalue weighted by atomic mass is 32.2. The van der Waals surface area contributed by atoms with Crippen LogP contribution in [0, 0.1) is 0 Å². The van der Waals surface area contributed by atoms with E-state index >= 15 is 0 Å². The molecule has 1 amide bonds. The summed E-state index contributed by atoms with van der Waals surface area (Å²) >= 11 is 0. The molecule has 30 heavy (non-hydrogen) atoms. The van der Waals surface area contributed by atoms with E-state index in [2.05, 4.69) is 5.32 Å². The molecule has 0 aromatic heterocycles. The van der Waals surface area contributed by atoms with E-state index in [0.29, 0.717) is 24.5 Å². The normalized spacial score (nSPS) is 13.2. The van der Waals surface area contributed by atoms with Crippen molar-refractivity contribution in [3.05, 3.63) is 54.1 Å². The SMILES string of the molecule is CCOc1ccc(N([C@H](C)C(=O)N[C@H](CC)c2ccc(OC)cc2)S(C)(=O)=O)cc1. The maximum absolute atomic E-state index is 13.0. The molecule has 2 aromatic carbocycles. The van der Waals surface area contributed by atoms with Gasteiger partial charge in [0, 0.05) is 0 Å². The minimum absolute atomic E-state index is 0.243. The Labute approximate surface area is 179 Å². The summed E-state index contributed by atoms with van der Waals surface area (Å²) in [4.78, 5) is 13.0. The van der Waals surface area contributed by atoms with Crippen molar-refractivity contribution in [2.24, 2.45) is 0 Å². The topological polar surface area (TPSA) is 84.9 Å². The van der Waals surface area contributed by atoms with Gasteiger partial charge in [0.2, 0.25) is 15.9 Å². The lowest BCUT2D eigenvalue weighted by Gasteiger charge is -2.30. The molecule has 0 heterocycles. The van der Waals surface area contributed by atoms with Crippen molar-refractivity contribution in [3.8, 4) is 11.5 Å². The van der Waals surface area contributed by atoms with Crippen LogP contribution in [0.2, 0.25) is 0 Å². The standard InChI is InChI=1S/C22H30N2O5S/c1-6-21(17-8-12-19(28-4)13-9-17)23-22(25)16(3)24(30(5,26)27)18-10-14-20(15-11-18)29-7-2/h8-16,21H,6-7H2,1-5H3,(H,23,25)/t16-,21-/m1/s1. The van der Waals surface area contributed by atoms with E-state index in [4.69, 9.17) is 9.47 Å². The van der Waals surface area contributed by atoms with Crippen molar-refractivity contribution in [1.82, 2.24) is 5.32 Å². The molecule has 0 fully saturated rings. The van der Waals surface area contributed by atoms with Crippen LogP contribution in [-0.4, -0.2) is 40.3 Å². The number of benzene rings is 2. The molecule has 0 aliphatic carbocycles. The molecule has 2 atom stereocenters. The number of carbonyl (C=O) groups is 1. The molecule has 1 N–H and O–H groups in total. The minimum Gasteiger partial charge on any atom is -0.497 e. The first-order valence-electron chi connectivity index (χ1n) is 9.87. The molecule has 0 spiro atoms. The van der Waals surface area contributed by atoms with Crippen molar-refractivity contribution < 1.29 is 22.7 Å². The van der Waals surface area contributed by atoms with Gasteiger partial charge in [-0.2, -0.15) is 0 Å². The zero-order valence-corrected chi connectivity index (χ0v) is 18.9. The van der Waals surface area contributed by atoms with Crippen molar-refractivity contribution in [1.29, 1.82) is 0 Å². The Morgan fingerprint density at radius 2 is 1.60 bits per heavy atom. The number of methoxy groups -OCH3 is 1. The summed E-state index contributed by atoms with van der Waals surface area (Å²) < 4.78 is 36.7. The van der Waals surface area contributed by atoms with Crippen molar-refractivity contribution in [2.45, 2.75) is 39.3 Å². The Bertz CT molecular complexity index is 927. The first-order chi connectivity index (χ1) is 14.2. The van der Waals surface area contributed by atoms with E-state index in [1.165, 1.54) is 0 Å². The number of rotatable bonds is 10. The number of nitrogens with zero attached hydrogens (tertiary/aromatic N) is 1. The molecular formula is C22H30N2O5S. The number of hydrogen-bond donors (Lipinski definition) is 1. The van der Waals surface area contributed by atoms with Crippen LogP contribution in [0.15, 0.2) is 48.5 Å². The van der Waals surface area contributed by atoms with Gasteiger partial charge in [-0.25, -0.2) is 8.42 Å². The summed E-state index contributed by atoms with van der Waals surface area (Å²) in [7, 11) is -2.09. The van der Waals surface area contributed by atoms with E-state index < -0.39 is 16.1 Å². The summed E-state index contributed by atoms with van der Waals surface area (Å²) in [5.41, 5.74) is 1.33. The van der Waals surface area contributed by atoms with Gasteiger partial charge in [-0.1, -0.05) is 19.1 Å². The molecule has 0 radical (unpaired) electrons. The Hall–Kier alpha value is -2.74. The predicted molar refractivity (Wildman–Crippen MR) is 119 cm³/mol. The molecule has 0 aliphatic heterocycles. The molecule has 0 aliphatic rings. The zero-order valence-electron chi connectivity index (χ0n) is 18.1. The molecular weight excluding hydrogens is 404 g/mol. The van der Waals surface area contributed by atoms with Gasteiger partial charge in [-0.05, 0) is 62.2 Å². The minimum atomic E-state index is -3.69.